The number of anilines is 4. The fourth-order valence-electron chi connectivity index (χ4n) is 4.49. The Morgan fingerprint density at radius 1 is 1.10 bits per heavy atom. The van der Waals surface area contributed by atoms with Crippen LogP contribution in [0.15, 0.2) is 80.2 Å². The molecular formula is C31H35N7O3. The number of amides is 2. The highest BCUT2D eigenvalue weighted by Gasteiger charge is 2.18. The van der Waals surface area contributed by atoms with E-state index in [2.05, 4.69) is 45.5 Å². The summed E-state index contributed by atoms with van der Waals surface area (Å²) in [4.78, 5) is 37.3. The number of nitrogens with zero attached hydrogens (tertiary/aromatic N) is 5. The van der Waals surface area contributed by atoms with Gasteiger partial charge in [0.2, 0.25) is 17.8 Å². The van der Waals surface area contributed by atoms with Crippen LogP contribution in [0, 0.1) is 0 Å². The Bertz CT molecular complexity index is 1590. The highest BCUT2D eigenvalue weighted by atomic mass is 16.5. The number of rotatable bonds is 12. The monoisotopic (exact) mass is 553 g/mol. The molecule has 0 unspecified atom stereocenters. The standard InChI is InChI=1S/C31H35N7O3/c1-7-11-30(40)37(4)17-16-36(3)27-19-28(41-6)25(18-24(27)33-29(39)8-2)35-31-32-15-14-23(34-31)22-20-38(5)26-13-10-9-12-21(22)26/h7-10,12-15,18-20H,1-2,11,16-17H2,3-6H3,(H,33,39)(H,32,34,35). The number of nitrogens with one attached hydrogen (secondary N) is 2. The molecule has 0 saturated heterocycles. The highest BCUT2D eigenvalue weighted by molar-refractivity contribution is 6.02. The first-order valence-corrected chi connectivity index (χ1v) is 13.1. The molecule has 41 heavy (non-hydrogen) atoms. The van der Waals surface area contributed by atoms with Gasteiger partial charge in [-0.1, -0.05) is 30.9 Å². The van der Waals surface area contributed by atoms with Crippen molar-refractivity contribution in [2.75, 3.05) is 49.8 Å². The largest absolute Gasteiger partial charge is 0.494 e. The summed E-state index contributed by atoms with van der Waals surface area (Å²) in [5, 5.41) is 7.22. The number of likely N-dealkylation sites (N-methyl/N-ethyl adjacent to an activating group) is 2. The van der Waals surface area contributed by atoms with Crippen molar-refractivity contribution in [3.8, 4) is 17.0 Å². The zero-order valence-electron chi connectivity index (χ0n) is 23.8. The van der Waals surface area contributed by atoms with Crippen molar-refractivity contribution >= 4 is 45.7 Å². The summed E-state index contributed by atoms with van der Waals surface area (Å²) >= 11 is 0. The van der Waals surface area contributed by atoms with E-state index in [1.165, 1.54) is 6.08 Å². The normalized spacial score (nSPS) is 10.6. The van der Waals surface area contributed by atoms with Crippen LogP contribution in [0.5, 0.6) is 5.75 Å². The Balaban J connectivity index is 1.65. The number of aryl methyl sites for hydroxylation is 1. The van der Waals surface area contributed by atoms with Crippen LogP contribution in [0.25, 0.3) is 22.2 Å². The fourth-order valence-corrected chi connectivity index (χ4v) is 4.49. The number of hydrogen-bond donors (Lipinski definition) is 2. The zero-order valence-corrected chi connectivity index (χ0v) is 23.8. The summed E-state index contributed by atoms with van der Waals surface area (Å²) in [5.41, 5.74) is 4.68. The van der Waals surface area contributed by atoms with E-state index in [1.54, 1.807) is 37.4 Å². The van der Waals surface area contributed by atoms with Gasteiger partial charge in [-0.25, -0.2) is 9.97 Å². The van der Waals surface area contributed by atoms with Gasteiger partial charge in [0.1, 0.15) is 5.75 Å². The molecule has 0 aliphatic heterocycles. The summed E-state index contributed by atoms with van der Waals surface area (Å²) in [7, 11) is 7.21. The first-order valence-electron chi connectivity index (χ1n) is 13.1. The molecule has 0 atom stereocenters. The predicted octanol–water partition coefficient (Wildman–Crippen LogP) is 4.98. The average molecular weight is 554 g/mol. The van der Waals surface area contributed by atoms with Crippen molar-refractivity contribution < 1.29 is 14.3 Å². The molecule has 0 spiro atoms. The van der Waals surface area contributed by atoms with E-state index in [4.69, 9.17) is 9.72 Å². The van der Waals surface area contributed by atoms with Crippen LogP contribution in [-0.2, 0) is 16.6 Å². The Morgan fingerprint density at radius 2 is 1.88 bits per heavy atom. The van der Waals surface area contributed by atoms with Gasteiger partial charge in [0.25, 0.3) is 0 Å². The molecule has 0 aliphatic carbocycles. The van der Waals surface area contributed by atoms with Gasteiger partial charge in [-0.05, 0) is 24.3 Å². The van der Waals surface area contributed by atoms with Gasteiger partial charge in [0.15, 0.2) is 0 Å². The molecule has 10 nitrogen and oxygen atoms in total. The molecule has 10 heteroatoms. The lowest BCUT2D eigenvalue weighted by atomic mass is 10.1. The lowest BCUT2D eigenvalue weighted by molar-refractivity contribution is -0.128. The van der Waals surface area contributed by atoms with Crippen LogP contribution in [0.1, 0.15) is 6.42 Å². The van der Waals surface area contributed by atoms with Crippen molar-refractivity contribution in [2.24, 2.45) is 7.05 Å². The van der Waals surface area contributed by atoms with Gasteiger partial charge in [-0.2, -0.15) is 0 Å². The molecule has 0 bridgehead atoms. The summed E-state index contributed by atoms with van der Waals surface area (Å²) < 4.78 is 7.78. The van der Waals surface area contributed by atoms with Crippen LogP contribution >= 0.6 is 0 Å². The summed E-state index contributed by atoms with van der Waals surface area (Å²) in [5.74, 6) is 0.525. The quantitative estimate of drug-likeness (QED) is 0.188. The number of hydrogen-bond acceptors (Lipinski definition) is 7. The molecule has 2 amide bonds. The lowest BCUT2D eigenvalue weighted by Gasteiger charge is -2.27. The first-order chi connectivity index (χ1) is 19.7. The molecule has 0 radical (unpaired) electrons. The molecule has 4 rings (SSSR count). The maximum atomic E-state index is 12.3. The van der Waals surface area contributed by atoms with E-state index < -0.39 is 0 Å². The lowest BCUT2D eigenvalue weighted by Crippen LogP contribution is -2.34. The fraction of sp³-hybridized carbons (Fsp3) is 0.226. The summed E-state index contributed by atoms with van der Waals surface area (Å²) in [6.45, 7) is 8.20. The van der Waals surface area contributed by atoms with Gasteiger partial charge >= 0.3 is 0 Å². The van der Waals surface area contributed by atoms with Crippen LogP contribution in [0.3, 0.4) is 0 Å². The van der Waals surface area contributed by atoms with E-state index in [-0.39, 0.29) is 18.2 Å². The average Bonchev–Trinajstić information content (AvgIpc) is 3.32. The van der Waals surface area contributed by atoms with E-state index in [0.717, 1.165) is 22.2 Å². The number of aromatic nitrogens is 3. The van der Waals surface area contributed by atoms with Crippen LogP contribution in [0.2, 0.25) is 0 Å². The third-order valence-electron chi connectivity index (χ3n) is 6.76. The molecular weight excluding hydrogens is 518 g/mol. The van der Waals surface area contributed by atoms with Crippen LogP contribution in [0.4, 0.5) is 23.0 Å². The number of ether oxygens (including phenoxy) is 1. The molecule has 4 aromatic rings. The smallest absolute Gasteiger partial charge is 0.247 e. The molecule has 2 N–H and O–H groups in total. The number of benzene rings is 2. The van der Waals surface area contributed by atoms with Gasteiger partial charge in [-0.3, -0.25) is 9.59 Å². The first kappa shape index (κ1) is 28.9. The predicted molar refractivity (Wildman–Crippen MR) is 165 cm³/mol. The van der Waals surface area contributed by atoms with Gasteiger partial charge < -0.3 is 29.7 Å². The maximum absolute atomic E-state index is 12.3. The highest BCUT2D eigenvalue weighted by Crippen LogP contribution is 2.38. The number of para-hydroxylation sites is 1. The van der Waals surface area contributed by atoms with E-state index in [9.17, 15) is 9.59 Å². The minimum Gasteiger partial charge on any atom is -0.494 e. The number of fused-ring (bicyclic) bond motifs is 1. The summed E-state index contributed by atoms with van der Waals surface area (Å²) in [6, 6.07) is 13.6. The van der Waals surface area contributed by atoms with Gasteiger partial charge in [-0.15, -0.1) is 6.58 Å². The molecule has 212 valence electrons. The van der Waals surface area contributed by atoms with E-state index in [1.807, 2.05) is 49.5 Å². The van der Waals surface area contributed by atoms with Gasteiger partial charge in [0.05, 0.1) is 29.9 Å². The number of carbonyl (C=O) groups excluding carboxylic acids is 2. The number of carbonyl (C=O) groups is 2. The second kappa shape index (κ2) is 12.8. The molecule has 2 aromatic heterocycles. The van der Waals surface area contributed by atoms with Gasteiger partial charge in [0, 0.05) is 75.6 Å². The Hall–Kier alpha value is -5.12. The molecule has 0 fully saturated rings. The Labute approximate surface area is 240 Å². The van der Waals surface area contributed by atoms with E-state index >= 15 is 0 Å². The third-order valence-corrected chi connectivity index (χ3v) is 6.76. The third kappa shape index (κ3) is 6.55. The van der Waals surface area contributed by atoms with Crippen molar-refractivity contribution in [1.29, 1.82) is 0 Å². The van der Waals surface area contributed by atoms with Crippen molar-refractivity contribution in [3.63, 3.8) is 0 Å². The molecule has 0 saturated carbocycles. The topological polar surface area (TPSA) is 105 Å². The van der Waals surface area contributed by atoms with Crippen molar-refractivity contribution in [1.82, 2.24) is 19.4 Å². The van der Waals surface area contributed by atoms with Crippen molar-refractivity contribution in [3.05, 3.63) is 80.2 Å². The van der Waals surface area contributed by atoms with Crippen LogP contribution in [-0.4, -0.2) is 65.5 Å². The second-order valence-corrected chi connectivity index (χ2v) is 9.55. The minimum atomic E-state index is -0.358. The maximum Gasteiger partial charge on any atom is 0.247 e. The number of methoxy groups -OCH3 is 1. The van der Waals surface area contributed by atoms with Crippen LogP contribution < -0.4 is 20.3 Å². The molecule has 0 aliphatic rings. The zero-order chi connectivity index (χ0) is 29.5. The molecule has 2 aromatic carbocycles. The SMILES string of the molecule is C=CCC(=O)N(C)CCN(C)c1cc(OC)c(Nc2nccc(-c3cn(C)c4ccccc34)n2)cc1NC(=O)C=C. The van der Waals surface area contributed by atoms with Crippen molar-refractivity contribution in [2.45, 2.75) is 6.42 Å². The summed E-state index contributed by atoms with van der Waals surface area (Å²) in [6.07, 6.45) is 6.82. The molecule has 2 heterocycles. The Morgan fingerprint density at radius 3 is 2.61 bits per heavy atom. The van der Waals surface area contributed by atoms with E-state index in [0.29, 0.717) is 41.8 Å². The Kier molecular flexibility index (Phi) is 9.03. The second-order valence-electron chi connectivity index (χ2n) is 9.55. The minimum absolute atomic E-state index is 0.0172.